The van der Waals surface area contributed by atoms with Crippen LogP contribution in [0.4, 0.5) is 10.1 Å². The first-order valence-electron chi connectivity index (χ1n) is 6.81. The van der Waals surface area contributed by atoms with Crippen LogP contribution in [0, 0.1) is 12.7 Å². The average molecular weight is 281 g/mol. The third-order valence-corrected chi connectivity index (χ3v) is 3.30. The van der Waals surface area contributed by atoms with Crippen LogP contribution in [0.15, 0.2) is 60.9 Å². The van der Waals surface area contributed by atoms with Crippen molar-refractivity contribution in [2.75, 3.05) is 5.32 Å². The van der Waals surface area contributed by atoms with Crippen molar-refractivity contribution in [2.24, 2.45) is 0 Å². The molecular weight excluding hydrogens is 265 g/mol. The number of hydrogen-bond donors (Lipinski definition) is 1. The first-order chi connectivity index (χ1) is 10.2. The van der Waals surface area contributed by atoms with Crippen LogP contribution in [0.1, 0.15) is 11.1 Å². The maximum Gasteiger partial charge on any atom is 0.128 e. The highest BCUT2D eigenvalue weighted by molar-refractivity contribution is 5.51. The Morgan fingerprint density at radius 2 is 2.05 bits per heavy atom. The zero-order chi connectivity index (χ0) is 14.7. The summed E-state index contributed by atoms with van der Waals surface area (Å²) in [6.45, 7) is 2.41. The van der Waals surface area contributed by atoms with E-state index in [4.69, 9.17) is 0 Å². The summed E-state index contributed by atoms with van der Waals surface area (Å²) in [5, 5.41) is 7.45. The van der Waals surface area contributed by atoms with Crippen molar-refractivity contribution in [3.8, 4) is 5.69 Å². The molecule has 21 heavy (non-hydrogen) atoms. The number of nitrogens with one attached hydrogen (secondary N) is 1. The summed E-state index contributed by atoms with van der Waals surface area (Å²) in [6, 6.07) is 14.9. The van der Waals surface area contributed by atoms with Gasteiger partial charge in [-0.15, -0.1) is 0 Å². The molecule has 0 unspecified atom stereocenters. The minimum Gasteiger partial charge on any atom is -0.381 e. The predicted octanol–water partition coefficient (Wildman–Crippen LogP) is 3.93. The smallest absolute Gasteiger partial charge is 0.128 e. The van der Waals surface area contributed by atoms with Gasteiger partial charge in [-0.05, 0) is 37.3 Å². The number of aryl methyl sites for hydroxylation is 1. The first kappa shape index (κ1) is 13.4. The maximum absolute atomic E-state index is 13.7. The Hall–Kier alpha value is -2.62. The van der Waals surface area contributed by atoms with E-state index in [0.29, 0.717) is 12.1 Å². The van der Waals surface area contributed by atoms with E-state index in [1.54, 1.807) is 16.9 Å². The van der Waals surface area contributed by atoms with Crippen molar-refractivity contribution in [3.63, 3.8) is 0 Å². The van der Waals surface area contributed by atoms with Gasteiger partial charge in [-0.25, -0.2) is 9.07 Å². The predicted molar refractivity (Wildman–Crippen MR) is 82.0 cm³/mol. The summed E-state index contributed by atoms with van der Waals surface area (Å²) in [5.41, 5.74) is 3.62. The average Bonchev–Trinajstić information content (AvgIpc) is 3.03. The highest BCUT2D eigenvalue weighted by Gasteiger charge is 2.03. The van der Waals surface area contributed by atoms with Crippen molar-refractivity contribution in [1.29, 1.82) is 0 Å². The van der Waals surface area contributed by atoms with Gasteiger partial charge in [-0.1, -0.05) is 23.8 Å². The van der Waals surface area contributed by atoms with Gasteiger partial charge in [0.15, 0.2) is 0 Å². The van der Waals surface area contributed by atoms with Crippen molar-refractivity contribution in [3.05, 3.63) is 77.9 Å². The zero-order valence-electron chi connectivity index (χ0n) is 11.8. The van der Waals surface area contributed by atoms with E-state index < -0.39 is 0 Å². The van der Waals surface area contributed by atoms with Gasteiger partial charge in [0, 0.05) is 30.2 Å². The molecule has 0 aliphatic carbocycles. The second-order valence-corrected chi connectivity index (χ2v) is 4.95. The molecule has 0 saturated carbocycles. The molecule has 0 spiro atoms. The molecule has 0 aliphatic heterocycles. The van der Waals surface area contributed by atoms with Gasteiger partial charge in [-0.3, -0.25) is 0 Å². The molecule has 2 aromatic carbocycles. The van der Waals surface area contributed by atoms with Crippen molar-refractivity contribution >= 4 is 5.69 Å². The number of halogens is 1. The Morgan fingerprint density at radius 3 is 2.86 bits per heavy atom. The molecule has 0 atom stereocenters. The Bertz CT molecular complexity index is 736. The number of nitrogens with zero attached hydrogens (tertiary/aromatic N) is 2. The number of rotatable bonds is 4. The Kier molecular flexibility index (Phi) is 3.69. The summed E-state index contributed by atoms with van der Waals surface area (Å²) in [7, 11) is 0. The van der Waals surface area contributed by atoms with E-state index in [-0.39, 0.29) is 5.82 Å². The molecule has 1 N–H and O–H groups in total. The topological polar surface area (TPSA) is 29.9 Å². The van der Waals surface area contributed by atoms with Crippen LogP contribution in [0.3, 0.4) is 0 Å². The van der Waals surface area contributed by atoms with Gasteiger partial charge in [0.1, 0.15) is 5.82 Å². The van der Waals surface area contributed by atoms with Crippen LogP contribution in [0.25, 0.3) is 5.69 Å². The molecule has 0 bridgehead atoms. The molecule has 3 nitrogen and oxygen atoms in total. The lowest BCUT2D eigenvalue weighted by molar-refractivity contribution is 0.612. The third kappa shape index (κ3) is 3.11. The second-order valence-electron chi connectivity index (χ2n) is 4.95. The Balaban J connectivity index is 1.76. The number of benzene rings is 2. The normalized spacial score (nSPS) is 10.6. The maximum atomic E-state index is 13.7. The lowest BCUT2D eigenvalue weighted by atomic mass is 10.1. The van der Waals surface area contributed by atoms with E-state index in [2.05, 4.69) is 10.4 Å². The zero-order valence-corrected chi connectivity index (χ0v) is 11.8. The second kappa shape index (κ2) is 5.79. The SMILES string of the molecule is Cc1ccc(F)c(CNc2cccc(-n3cccn3)c2)c1. The van der Waals surface area contributed by atoms with Crippen molar-refractivity contribution in [1.82, 2.24) is 9.78 Å². The molecule has 0 saturated heterocycles. The van der Waals surface area contributed by atoms with Gasteiger partial charge in [0.2, 0.25) is 0 Å². The van der Waals surface area contributed by atoms with Crippen LogP contribution in [-0.4, -0.2) is 9.78 Å². The van der Waals surface area contributed by atoms with E-state index >= 15 is 0 Å². The fraction of sp³-hybridized carbons (Fsp3) is 0.118. The van der Waals surface area contributed by atoms with E-state index in [0.717, 1.165) is 16.9 Å². The first-order valence-corrected chi connectivity index (χ1v) is 6.81. The molecule has 1 aromatic heterocycles. The largest absolute Gasteiger partial charge is 0.381 e. The van der Waals surface area contributed by atoms with Crippen molar-refractivity contribution < 1.29 is 4.39 Å². The standard InChI is InChI=1S/C17H16FN3/c1-13-6-7-17(18)14(10-13)12-19-15-4-2-5-16(11-15)21-9-3-8-20-21/h2-11,19H,12H2,1H3. The molecule has 0 aliphatic rings. The van der Waals surface area contributed by atoms with E-state index in [9.17, 15) is 4.39 Å². The van der Waals surface area contributed by atoms with Gasteiger partial charge in [-0.2, -0.15) is 5.10 Å². The van der Waals surface area contributed by atoms with E-state index in [1.165, 1.54) is 6.07 Å². The van der Waals surface area contributed by atoms with Crippen LogP contribution in [0.2, 0.25) is 0 Å². The van der Waals surface area contributed by atoms with Crippen LogP contribution in [0.5, 0.6) is 0 Å². The summed E-state index contributed by atoms with van der Waals surface area (Å²) in [5.74, 6) is -0.184. The van der Waals surface area contributed by atoms with E-state index in [1.807, 2.05) is 49.5 Å². The summed E-state index contributed by atoms with van der Waals surface area (Å²) in [4.78, 5) is 0. The summed E-state index contributed by atoms with van der Waals surface area (Å²) >= 11 is 0. The van der Waals surface area contributed by atoms with Gasteiger partial charge >= 0.3 is 0 Å². The lowest BCUT2D eigenvalue weighted by Crippen LogP contribution is -2.03. The summed E-state index contributed by atoms with van der Waals surface area (Å²) < 4.78 is 15.5. The molecule has 0 amide bonds. The minimum atomic E-state index is -0.184. The van der Waals surface area contributed by atoms with Crippen LogP contribution < -0.4 is 5.32 Å². The van der Waals surface area contributed by atoms with Gasteiger partial charge in [0.05, 0.1) is 5.69 Å². The molecule has 4 heteroatoms. The Morgan fingerprint density at radius 1 is 1.14 bits per heavy atom. The molecular formula is C17H16FN3. The number of anilines is 1. The molecule has 3 rings (SSSR count). The van der Waals surface area contributed by atoms with Crippen LogP contribution >= 0.6 is 0 Å². The quantitative estimate of drug-likeness (QED) is 0.785. The Labute approximate surface area is 123 Å². The van der Waals surface area contributed by atoms with Gasteiger partial charge in [0.25, 0.3) is 0 Å². The molecule has 106 valence electrons. The summed E-state index contributed by atoms with van der Waals surface area (Å²) in [6.07, 6.45) is 3.63. The molecule has 0 fully saturated rings. The lowest BCUT2D eigenvalue weighted by Gasteiger charge is -2.10. The number of aromatic nitrogens is 2. The molecule has 1 heterocycles. The highest BCUT2D eigenvalue weighted by atomic mass is 19.1. The van der Waals surface area contributed by atoms with Gasteiger partial charge < -0.3 is 5.32 Å². The third-order valence-electron chi connectivity index (χ3n) is 3.30. The fourth-order valence-corrected chi connectivity index (χ4v) is 2.22. The number of hydrogen-bond acceptors (Lipinski definition) is 2. The minimum absolute atomic E-state index is 0.184. The van der Waals surface area contributed by atoms with Crippen LogP contribution in [-0.2, 0) is 6.54 Å². The highest BCUT2D eigenvalue weighted by Crippen LogP contribution is 2.16. The fourth-order valence-electron chi connectivity index (χ4n) is 2.22. The molecule has 3 aromatic rings. The monoisotopic (exact) mass is 281 g/mol. The van der Waals surface area contributed by atoms with Crippen molar-refractivity contribution in [2.45, 2.75) is 13.5 Å². The molecule has 0 radical (unpaired) electrons.